The van der Waals surface area contributed by atoms with Gasteiger partial charge in [0.2, 0.25) is 15.9 Å². The van der Waals surface area contributed by atoms with Gasteiger partial charge in [-0.3, -0.25) is 4.18 Å². The highest BCUT2D eigenvalue weighted by Crippen LogP contribution is 2.47. The molecule has 39 heavy (non-hydrogen) atoms. The van der Waals surface area contributed by atoms with Crippen LogP contribution in [0.4, 0.5) is 5.69 Å². The molecule has 5 rings (SSSR count). The highest BCUT2D eigenvalue weighted by Gasteiger charge is 2.26. The Morgan fingerprint density at radius 1 is 1.10 bits per heavy atom. The van der Waals surface area contributed by atoms with Crippen LogP contribution in [0.2, 0.25) is 0 Å². The summed E-state index contributed by atoms with van der Waals surface area (Å²) in [6, 6.07) is 17.3. The van der Waals surface area contributed by atoms with Gasteiger partial charge in [-0.1, -0.05) is 54.3 Å². The van der Waals surface area contributed by atoms with E-state index in [1.165, 1.54) is 47.6 Å². The van der Waals surface area contributed by atoms with Crippen LogP contribution in [0.5, 0.6) is 0 Å². The Labute approximate surface area is 238 Å². The average molecular weight is 581 g/mol. The first-order valence-electron chi connectivity index (χ1n) is 13.1. The van der Waals surface area contributed by atoms with Crippen molar-refractivity contribution in [3.63, 3.8) is 0 Å². The van der Waals surface area contributed by atoms with Gasteiger partial charge in [-0.15, -0.1) is 0 Å². The zero-order valence-corrected chi connectivity index (χ0v) is 25.0. The van der Waals surface area contributed by atoms with E-state index in [1.54, 1.807) is 11.8 Å². The van der Waals surface area contributed by atoms with Crippen molar-refractivity contribution in [3.8, 4) is 0 Å². The highest BCUT2D eigenvalue weighted by molar-refractivity contribution is 8.03. The zero-order valence-electron chi connectivity index (χ0n) is 22.6. The Bertz CT molecular complexity index is 1720. The van der Waals surface area contributed by atoms with E-state index < -0.39 is 10.4 Å². The van der Waals surface area contributed by atoms with E-state index >= 15 is 0 Å². The van der Waals surface area contributed by atoms with E-state index in [9.17, 15) is 13.0 Å². The SMILES string of the molecule is CCC(/C=C1\Sc2cc(C)c(C)cc2N1CCCOS(=O)(=O)[O-])=C\c1sc2ccc3ccccc3c2[n+]1CC. The topological polar surface area (TPSA) is 73.5 Å². The van der Waals surface area contributed by atoms with Gasteiger partial charge < -0.3 is 9.45 Å². The standard InChI is InChI=1S/C30H32N2O4S3/c1-5-22(18-28-31(6-2)30-24-11-8-7-10-23(24)12-13-26(30)37-28)19-29-32(14-9-15-36-39(33,34)35)25-16-20(3)21(4)17-27(25)38-29/h7-8,10-13,16-19H,5-6,9,14-15H2,1-4H3. The molecule has 0 fully saturated rings. The second-order valence-electron chi connectivity index (χ2n) is 9.62. The van der Waals surface area contributed by atoms with Crippen molar-refractivity contribution in [3.05, 3.63) is 81.3 Å². The molecular weight excluding hydrogens is 549 g/mol. The number of thioether (sulfide) groups is 1. The van der Waals surface area contributed by atoms with Crippen molar-refractivity contribution >= 4 is 66.3 Å². The van der Waals surface area contributed by atoms with Crippen LogP contribution < -0.4 is 9.47 Å². The number of aromatic nitrogens is 1. The highest BCUT2D eigenvalue weighted by atomic mass is 32.3. The van der Waals surface area contributed by atoms with Crippen LogP contribution in [-0.4, -0.2) is 26.1 Å². The monoisotopic (exact) mass is 580 g/mol. The largest absolute Gasteiger partial charge is 0.726 e. The second kappa shape index (κ2) is 11.4. The van der Waals surface area contributed by atoms with Gasteiger partial charge in [-0.05, 0) is 86.0 Å². The quantitative estimate of drug-likeness (QED) is 0.0911. The first-order chi connectivity index (χ1) is 18.7. The van der Waals surface area contributed by atoms with Crippen LogP contribution in [0.15, 0.2) is 70.1 Å². The number of rotatable bonds is 9. The van der Waals surface area contributed by atoms with E-state index in [4.69, 9.17) is 0 Å². The van der Waals surface area contributed by atoms with Crippen molar-refractivity contribution in [2.75, 3.05) is 18.1 Å². The van der Waals surface area contributed by atoms with Gasteiger partial charge in [-0.25, -0.2) is 8.42 Å². The lowest BCUT2D eigenvalue weighted by Crippen LogP contribution is -2.33. The number of fused-ring (bicyclic) bond motifs is 4. The molecule has 1 aromatic heterocycles. The fourth-order valence-electron chi connectivity index (χ4n) is 4.93. The summed E-state index contributed by atoms with van der Waals surface area (Å²) in [5.74, 6) is 0. The molecule has 3 aromatic carbocycles. The first kappa shape index (κ1) is 27.9. The van der Waals surface area contributed by atoms with E-state index in [1.807, 2.05) is 11.3 Å². The van der Waals surface area contributed by atoms with Crippen LogP contribution in [0.25, 0.3) is 27.1 Å². The third-order valence-corrected chi connectivity index (χ3v) is 9.70. The second-order valence-corrected chi connectivity index (χ2v) is 12.8. The summed E-state index contributed by atoms with van der Waals surface area (Å²) in [7, 11) is -4.69. The van der Waals surface area contributed by atoms with Crippen molar-refractivity contribution < 1.29 is 21.7 Å². The maximum absolute atomic E-state index is 10.9. The van der Waals surface area contributed by atoms with Crippen molar-refractivity contribution in [2.45, 2.75) is 52.0 Å². The minimum absolute atomic E-state index is 0.136. The lowest BCUT2D eigenvalue weighted by atomic mass is 10.1. The number of hydrogen-bond donors (Lipinski definition) is 0. The van der Waals surface area contributed by atoms with Crippen molar-refractivity contribution in [1.82, 2.24) is 0 Å². The Hall–Kier alpha value is -2.69. The molecule has 9 heteroatoms. The molecule has 0 unspecified atom stereocenters. The molecule has 0 aliphatic carbocycles. The summed E-state index contributed by atoms with van der Waals surface area (Å²) in [6.07, 6.45) is 5.81. The molecule has 0 amide bonds. The van der Waals surface area contributed by atoms with Gasteiger partial charge in [0.1, 0.15) is 11.2 Å². The molecular formula is C30H32N2O4S3. The number of allylic oxidation sites excluding steroid dienone is 2. The van der Waals surface area contributed by atoms with Crippen LogP contribution in [0, 0.1) is 13.8 Å². The molecule has 4 aromatic rings. The maximum atomic E-state index is 10.9. The van der Waals surface area contributed by atoms with Crippen molar-refractivity contribution in [1.29, 1.82) is 0 Å². The Balaban J connectivity index is 1.53. The normalized spacial score (nSPS) is 15.2. The summed E-state index contributed by atoms with van der Waals surface area (Å²) in [4.78, 5) is 3.39. The van der Waals surface area contributed by atoms with Crippen LogP contribution in [0.3, 0.4) is 0 Å². The van der Waals surface area contributed by atoms with E-state index in [0.29, 0.717) is 13.0 Å². The number of thiazole rings is 1. The lowest BCUT2D eigenvalue weighted by Gasteiger charge is -2.21. The molecule has 1 aliphatic rings. The van der Waals surface area contributed by atoms with E-state index in [-0.39, 0.29) is 6.61 Å². The average Bonchev–Trinajstić information content (AvgIpc) is 3.42. The molecule has 2 heterocycles. The Kier molecular flexibility index (Phi) is 8.16. The summed E-state index contributed by atoms with van der Waals surface area (Å²) in [5.41, 5.74) is 6.02. The van der Waals surface area contributed by atoms with Gasteiger partial charge in [0, 0.05) is 17.5 Å². The Morgan fingerprint density at radius 2 is 1.87 bits per heavy atom. The molecule has 0 saturated heterocycles. The lowest BCUT2D eigenvalue weighted by molar-refractivity contribution is -0.664. The van der Waals surface area contributed by atoms with Gasteiger partial charge in [0.25, 0.3) is 5.01 Å². The first-order valence-corrected chi connectivity index (χ1v) is 16.1. The molecule has 0 N–H and O–H groups in total. The predicted octanol–water partition coefficient (Wildman–Crippen LogP) is 7.09. The number of nitrogens with zero attached hydrogens (tertiary/aromatic N) is 2. The summed E-state index contributed by atoms with van der Waals surface area (Å²) >= 11 is 3.53. The van der Waals surface area contributed by atoms with E-state index in [0.717, 1.165) is 23.7 Å². The molecule has 0 radical (unpaired) electrons. The van der Waals surface area contributed by atoms with Gasteiger partial charge >= 0.3 is 0 Å². The van der Waals surface area contributed by atoms with Crippen molar-refractivity contribution in [2.24, 2.45) is 0 Å². The number of anilines is 1. The fraction of sp³-hybridized carbons (Fsp3) is 0.300. The molecule has 0 atom stereocenters. The van der Waals surface area contributed by atoms with Crippen LogP contribution >= 0.6 is 23.1 Å². The third-order valence-electron chi connectivity index (χ3n) is 7.06. The minimum Gasteiger partial charge on any atom is -0.726 e. The molecule has 6 nitrogen and oxygen atoms in total. The smallest absolute Gasteiger partial charge is 0.263 e. The molecule has 0 bridgehead atoms. The fourth-order valence-corrected chi connectivity index (χ4v) is 7.72. The molecule has 204 valence electrons. The summed E-state index contributed by atoms with van der Waals surface area (Å²) < 4.78 is 40.9. The number of benzene rings is 3. The summed E-state index contributed by atoms with van der Waals surface area (Å²) in [5, 5.41) is 4.81. The Morgan fingerprint density at radius 3 is 2.62 bits per heavy atom. The zero-order chi connectivity index (χ0) is 27.7. The summed E-state index contributed by atoms with van der Waals surface area (Å²) in [6.45, 7) is 9.85. The predicted molar refractivity (Wildman–Crippen MR) is 161 cm³/mol. The van der Waals surface area contributed by atoms with Gasteiger partial charge in [0.15, 0.2) is 0 Å². The van der Waals surface area contributed by atoms with Gasteiger partial charge in [0.05, 0.1) is 22.7 Å². The van der Waals surface area contributed by atoms with Crippen LogP contribution in [0.1, 0.15) is 42.8 Å². The minimum atomic E-state index is -4.69. The number of hydrogen-bond acceptors (Lipinski definition) is 7. The van der Waals surface area contributed by atoms with Crippen LogP contribution in [-0.2, 0) is 21.1 Å². The molecule has 0 spiro atoms. The van der Waals surface area contributed by atoms with E-state index in [2.05, 4.69) is 102 Å². The molecule has 1 aliphatic heterocycles. The van der Waals surface area contributed by atoms with Gasteiger partial charge in [-0.2, -0.15) is 4.57 Å². The number of aryl methyl sites for hydroxylation is 3. The molecule has 0 saturated carbocycles. The maximum Gasteiger partial charge on any atom is 0.263 e. The third kappa shape index (κ3) is 5.93.